The van der Waals surface area contributed by atoms with Crippen LogP contribution in [0.2, 0.25) is 5.02 Å². The van der Waals surface area contributed by atoms with Gasteiger partial charge in [0.2, 0.25) is 5.91 Å². The standard InChI is InChI=1S/C12H16BrClN2O/c1-7(2)5-10(15)12(17)16-11-4-3-8(14)6-9(11)13/h3-4,6-7,10H,5,15H2,1-2H3,(H,16,17)/t10-/m1/s1. The van der Waals surface area contributed by atoms with Crippen molar-refractivity contribution < 1.29 is 4.79 Å². The molecule has 0 radical (unpaired) electrons. The van der Waals surface area contributed by atoms with Gasteiger partial charge in [-0.25, -0.2) is 0 Å². The predicted molar refractivity (Wildman–Crippen MR) is 75.2 cm³/mol. The van der Waals surface area contributed by atoms with E-state index in [9.17, 15) is 4.79 Å². The summed E-state index contributed by atoms with van der Waals surface area (Å²) in [6.07, 6.45) is 0.664. The third-order valence-electron chi connectivity index (χ3n) is 2.25. The zero-order valence-corrected chi connectivity index (χ0v) is 12.2. The summed E-state index contributed by atoms with van der Waals surface area (Å²) in [5.74, 6) is 0.214. The highest BCUT2D eigenvalue weighted by Crippen LogP contribution is 2.26. The van der Waals surface area contributed by atoms with Crippen LogP contribution < -0.4 is 11.1 Å². The van der Waals surface area contributed by atoms with Gasteiger partial charge in [-0.15, -0.1) is 0 Å². The van der Waals surface area contributed by atoms with Gasteiger partial charge in [-0.3, -0.25) is 4.79 Å². The van der Waals surface area contributed by atoms with Crippen molar-refractivity contribution in [3.63, 3.8) is 0 Å². The number of anilines is 1. The van der Waals surface area contributed by atoms with Crippen LogP contribution in [-0.2, 0) is 4.79 Å². The smallest absolute Gasteiger partial charge is 0.241 e. The second kappa shape index (κ2) is 6.38. The molecule has 0 unspecified atom stereocenters. The van der Waals surface area contributed by atoms with Crippen molar-refractivity contribution in [2.45, 2.75) is 26.3 Å². The molecule has 1 aromatic rings. The maximum atomic E-state index is 11.8. The first-order valence-corrected chi connectivity index (χ1v) is 6.58. The fraction of sp³-hybridized carbons (Fsp3) is 0.417. The zero-order chi connectivity index (χ0) is 13.0. The summed E-state index contributed by atoms with van der Waals surface area (Å²) < 4.78 is 0.745. The minimum absolute atomic E-state index is 0.179. The highest BCUT2D eigenvalue weighted by Gasteiger charge is 2.15. The van der Waals surface area contributed by atoms with Crippen LogP contribution in [-0.4, -0.2) is 11.9 Å². The molecule has 1 atom stereocenters. The number of benzene rings is 1. The third-order valence-corrected chi connectivity index (χ3v) is 3.14. The second-order valence-electron chi connectivity index (χ2n) is 4.35. The minimum atomic E-state index is -0.488. The predicted octanol–water partition coefficient (Wildman–Crippen LogP) is 3.41. The lowest BCUT2D eigenvalue weighted by molar-refractivity contribution is -0.117. The SMILES string of the molecule is CC(C)C[C@@H](N)C(=O)Nc1ccc(Cl)cc1Br. The van der Waals surface area contributed by atoms with Crippen LogP contribution in [0.25, 0.3) is 0 Å². The lowest BCUT2D eigenvalue weighted by Crippen LogP contribution is -2.36. The average molecular weight is 320 g/mol. The van der Waals surface area contributed by atoms with E-state index in [0.29, 0.717) is 23.0 Å². The van der Waals surface area contributed by atoms with E-state index in [-0.39, 0.29) is 5.91 Å². The van der Waals surface area contributed by atoms with Crippen LogP contribution in [0.15, 0.2) is 22.7 Å². The van der Waals surface area contributed by atoms with Crippen molar-refractivity contribution in [3.05, 3.63) is 27.7 Å². The number of rotatable bonds is 4. The Labute approximate surface area is 115 Å². The first kappa shape index (κ1) is 14.5. The van der Waals surface area contributed by atoms with E-state index in [4.69, 9.17) is 17.3 Å². The summed E-state index contributed by atoms with van der Waals surface area (Å²) in [7, 11) is 0. The van der Waals surface area contributed by atoms with Crippen LogP contribution in [0.5, 0.6) is 0 Å². The summed E-state index contributed by atoms with van der Waals surface area (Å²) in [5.41, 5.74) is 6.47. The first-order chi connectivity index (χ1) is 7.90. The normalized spacial score (nSPS) is 12.6. The Kier molecular flexibility index (Phi) is 5.43. The number of hydrogen-bond acceptors (Lipinski definition) is 2. The highest BCUT2D eigenvalue weighted by molar-refractivity contribution is 9.10. The van der Waals surface area contributed by atoms with Crippen molar-refractivity contribution in [2.75, 3.05) is 5.32 Å². The average Bonchev–Trinajstić information content (AvgIpc) is 2.21. The Morgan fingerprint density at radius 3 is 2.71 bits per heavy atom. The van der Waals surface area contributed by atoms with Gasteiger partial charge in [0.15, 0.2) is 0 Å². The zero-order valence-electron chi connectivity index (χ0n) is 9.84. The largest absolute Gasteiger partial charge is 0.324 e. The monoisotopic (exact) mass is 318 g/mol. The molecule has 0 saturated carbocycles. The van der Waals surface area contributed by atoms with Crippen molar-refractivity contribution in [3.8, 4) is 0 Å². The number of amides is 1. The minimum Gasteiger partial charge on any atom is -0.324 e. The van der Waals surface area contributed by atoms with Crippen LogP contribution in [0.1, 0.15) is 20.3 Å². The van der Waals surface area contributed by atoms with E-state index in [0.717, 1.165) is 4.47 Å². The summed E-state index contributed by atoms with van der Waals surface area (Å²) in [6, 6.07) is 4.70. The van der Waals surface area contributed by atoms with Gasteiger partial charge in [-0.05, 0) is 46.5 Å². The van der Waals surface area contributed by atoms with Crippen molar-refractivity contribution in [2.24, 2.45) is 11.7 Å². The number of carbonyl (C=O) groups excluding carboxylic acids is 1. The van der Waals surface area contributed by atoms with E-state index in [1.807, 2.05) is 13.8 Å². The number of halogens is 2. The summed E-state index contributed by atoms with van der Waals surface area (Å²) in [6.45, 7) is 4.07. The fourth-order valence-electron chi connectivity index (χ4n) is 1.43. The molecule has 1 amide bonds. The molecule has 1 rings (SSSR count). The number of hydrogen-bond donors (Lipinski definition) is 2. The second-order valence-corrected chi connectivity index (χ2v) is 5.64. The number of nitrogens with two attached hydrogens (primary N) is 1. The van der Waals surface area contributed by atoms with Gasteiger partial charge >= 0.3 is 0 Å². The molecular weight excluding hydrogens is 304 g/mol. The first-order valence-electron chi connectivity index (χ1n) is 5.41. The molecule has 3 N–H and O–H groups in total. The van der Waals surface area contributed by atoms with E-state index < -0.39 is 6.04 Å². The Morgan fingerprint density at radius 1 is 1.53 bits per heavy atom. The quantitative estimate of drug-likeness (QED) is 0.893. The molecular formula is C12H16BrClN2O. The summed E-state index contributed by atoms with van der Waals surface area (Å²) >= 11 is 9.15. The molecule has 0 heterocycles. The molecule has 1 aromatic carbocycles. The number of nitrogens with one attached hydrogen (secondary N) is 1. The van der Waals surface area contributed by atoms with Crippen LogP contribution in [0.4, 0.5) is 5.69 Å². The molecule has 17 heavy (non-hydrogen) atoms. The fourth-order valence-corrected chi connectivity index (χ4v) is 2.21. The van der Waals surface area contributed by atoms with Crippen LogP contribution in [0, 0.1) is 5.92 Å². The molecule has 0 aromatic heterocycles. The Hall–Kier alpha value is -0.580. The molecule has 0 spiro atoms. The topological polar surface area (TPSA) is 55.1 Å². The highest BCUT2D eigenvalue weighted by atomic mass is 79.9. The molecule has 0 aliphatic carbocycles. The summed E-state index contributed by atoms with van der Waals surface area (Å²) in [4.78, 5) is 11.8. The lowest BCUT2D eigenvalue weighted by atomic mass is 10.0. The van der Waals surface area contributed by atoms with Gasteiger partial charge < -0.3 is 11.1 Å². The Balaban J connectivity index is 2.67. The van der Waals surface area contributed by atoms with E-state index in [2.05, 4.69) is 21.2 Å². The van der Waals surface area contributed by atoms with Crippen molar-refractivity contribution in [1.82, 2.24) is 0 Å². The van der Waals surface area contributed by atoms with Crippen molar-refractivity contribution >= 4 is 39.1 Å². The molecule has 0 bridgehead atoms. The van der Waals surface area contributed by atoms with E-state index in [1.165, 1.54) is 0 Å². The molecule has 0 saturated heterocycles. The molecule has 0 aliphatic heterocycles. The van der Waals surface area contributed by atoms with Gasteiger partial charge in [0.05, 0.1) is 11.7 Å². The van der Waals surface area contributed by atoms with Gasteiger partial charge in [-0.1, -0.05) is 25.4 Å². The lowest BCUT2D eigenvalue weighted by Gasteiger charge is -2.15. The maximum Gasteiger partial charge on any atom is 0.241 e. The van der Waals surface area contributed by atoms with Gasteiger partial charge in [-0.2, -0.15) is 0 Å². The Bertz CT molecular complexity index is 409. The van der Waals surface area contributed by atoms with Crippen molar-refractivity contribution in [1.29, 1.82) is 0 Å². The van der Waals surface area contributed by atoms with Gasteiger partial charge in [0.1, 0.15) is 0 Å². The van der Waals surface area contributed by atoms with E-state index >= 15 is 0 Å². The molecule has 5 heteroatoms. The van der Waals surface area contributed by atoms with E-state index in [1.54, 1.807) is 18.2 Å². The maximum absolute atomic E-state index is 11.8. The van der Waals surface area contributed by atoms with Crippen LogP contribution >= 0.6 is 27.5 Å². The molecule has 3 nitrogen and oxygen atoms in total. The van der Waals surface area contributed by atoms with Gasteiger partial charge in [0, 0.05) is 9.50 Å². The third kappa shape index (κ3) is 4.66. The molecule has 0 aliphatic rings. The van der Waals surface area contributed by atoms with Gasteiger partial charge in [0.25, 0.3) is 0 Å². The summed E-state index contributed by atoms with van der Waals surface area (Å²) in [5, 5.41) is 3.39. The molecule has 0 fully saturated rings. The van der Waals surface area contributed by atoms with Crippen LogP contribution in [0.3, 0.4) is 0 Å². The number of carbonyl (C=O) groups is 1. The molecule has 94 valence electrons. The Morgan fingerprint density at radius 2 is 2.18 bits per heavy atom.